The SMILES string of the molecule is Cc1csc(C)c1NCCCN1CCCC(N(C)C)c2ccccc21. The summed E-state index contributed by atoms with van der Waals surface area (Å²) in [6.45, 7) is 7.71. The van der Waals surface area contributed by atoms with Crippen molar-refractivity contribution in [2.45, 2.75) is 39.2 Å². The topological polar surface area (TPSA) is 18.5 Å². The van der Waals surface area contributed by atoms with Crippen LogP contribution in [-0.4, -0.2) is 38.6 Å². The van der Waals surface area contributed by atoms with Gasteiger partial charge in [0.25, 0.3) is 0 Å². The molecule has 1 aliphatic heterocycles. The van der Waals surface area contributed by atoms with Crippen molar-refractivity contribution in [2.24, 2.45) is 0 Å². The summed E-state index contributed by atoms with van der Waals surface area (Å²) in [5.74, 6) is 0. The highest BCUT2D eigenvalue weighted by atomic mass is 32.1. The number of hydrogen-bond donors (Lipinski definition) is 1. The Morgan fingerprint density at radius 3 is 2.76 bits per heavy atom. The number of anilines is 2. The number of hydrogen-bond acceptors (Lipinski definition) is 4. The number of nitrogens with one attached hydrogen (secondary N) is 1. The highest BCUT2D eigenvalue weighted by Gasteiger charge is 2.23. The fraction of sp³-hybridized carbons (Fsp3) is 0.524. The molecule has 0 saturated carbocycles. The largest absolute Gasteiger partial charge is 0.384 e. The van der Waals surface area contributed by atoms with E-state index in [0.29, 0.717) is 6.04 Å². The van der Waals surface area contributed by atoms with Gasteiger partial charge in [-0.05, 0) is 69.8 Å². The van der Waals surface area contributed by atoms with Gasteiger partial charge in [0, 0.05) is 36.2 Å². The minimum atomic E-state index is 0.537. The predicted octanol–water partition coefficient (Wildman–Crippen LogP) is 5.07. The van der Waals surface area contributed by atoms with Gasteiger partial charge >= 0.3 is 0 Å². The summed E-state index contributed by atoms with van der Waals surface area (Å²) >= 11 is 1.84. The van der Waals surface area contributed by atoms with E-state index >= 15 is 0 Å². The second-order valence-corrected chi connectivity index (χ2v) is 8.38. The van der Waals surface area contributed by atoms with Crippen molar-refractivity contribution in [1.82, 2.24) is 4.90 Å². The fourth-order valence-corrected chi connectivity index (χ4v) is 4.72. The Kier molecular flexibility index (Phi) is 6.02. The molecule has 2 aromatic rings. The van der Waals surface area contributed by atoms with Gasteiger partial charge in [0.2, 0.25) is 0 Å². The van der Waals surface area contributed by atoms with E-state index in [9.17, 15) is 0 Å². The van der Waals surface area contributed by atoms with E-state index in [-0.39, 0.29) is 0 Å². The third-order valence-corrected chi connectivity index (χ3v) is 6.26. The minimum Gasteiger partial charge on any atom is -0.384 e. The fourth-order valence-electron chi connectivity index (χ4n) is 3.90. The molecule has 2 heterocycles. The maximum absolute atomic E-state index is 3.64. The van der Waals surface area contributed by atoms with Gasteiger partial charge in [-0.15, -0.1) is 11.3 Å². The number of benzene rings is 1. The van der Waals surface area contributed by atoms with Crippen LogP contribution in [0.15, 0.2) is 29.6 Å². The Bertz CT molecular complexity index is 673. The van der Waals surface area contributed by atoms with Crippen LogP contribution in [0.1, 0.15) is 41.3 Å². The number of nitrogens with zero attached hydrogens (tertiary/aromatic N) is 2. The third-order valence-electron chi connectivity index (χ3n) is 5.23. The molecule has 0 fully saturated rings. The Balaban J connectivity index is 1.63. The summed E-state index contributed by atoms with van der Waals surface area (Å²) in [6, 6.07) is 9.52. The zero-order chi connectivity index (χ0) is 17.8. The number of rotatable bonds is 6. The molecule has 1 atom stereocenters. The first-order chi connectivity index (χ1) is 12.1. The summed E-state index contributed by atoms with van der Waals surface area (Å²) < 4.78 is 0. The first-order valence-corrected chi connectivity index (χ1v) is 10.2. The maximum atomic E-state index is 3.64. The minimum absolute atomic E-state index is 0.537. The van der Waals surface area contributed by atoms with Crippen molar-refractivity contribution < 1.29 is 0 Å². The van der Waals surface area contributed by atoms with Crippen LogP contribution in [0.2, 0.25) is 0 Å². The van der Waals surface area contributed by atoms with E-state index in [1.165, 1.54) is 40.2 Å². The summed E-state index contributed by atoms with van der Waals surface area (Å²) in [4.78, 5) is 6.35. The zero-order valence-electron chi connectivity index (χ0n) is 16.0. The molecule has 1 aliphatic rings. The number of fused-ring (bicyclic) bond motifs is 1. The lowest BCUT2D eigenvalue weighted by Gasteiger charge is -2.28. The normalized spacial score (nSPS) is 17.5. The van der Waals surface area contributed by atoms with Crippen LogP contribution in [-0.2, 0) is 0 Å². The van der Waals surface area contributed by atoms with Gasteiger partial charge in [0.05, 0.1) is 5.69 Å². The molecule has 3 nitrogen and oxygen atoms in total. The molecule has 136 valence electrons. The molecule has 1 aromatic heterocycles. The quantitative estimate of drug-likeness (QED) is 0.728. The van der Waals surface area contributed by atoms with Crippen molar-refractivity contribution in [3.63, 3.8) is 0 Å². The lowest BCUT2D eigenvalue weighted by atomic mass is 10.0. The lowest BCUT2D eigenvalue weighted by Crippen LogP contribution is -2.27. The molecule has 0 bridgehead atoms. The second-order valence-electron chi connectivity index (χ2n) is 7.30. The second kappa shape index (κ2) is 8.24. The average Bonchev–Trinajstić information content (AvgIpc) is 2.81. The van der Waals surface area contributed by atoms with Crippen LogP contribution in [0.3, 0.4) is 0 Å². The molecule has 3 rings (SSSR count). The van der Waals surface area contributed by atoms with Crippen LogP contribution >= 0.6 is 11.3 Å². The molecular weight excluding hydrogens is 326 g/mol. The maximum Gasteiger partial charge on any atom is 0.0508 e. The number of aryl methyl sites for hydroxylation is 2. The van der Waals surface area contributed by atoms with Crippen LogP contribution < -0.4 is 10.2 Å². The lowest BCUT2D eigenvalue weighted by molar-refractivity contribution is 0.284. The Morgan fingerprint density at radius 1 is 1.24 bits per heavy atom. The average molecular weight is 358 g/mol. The summed E-state index contributed by atoms with van der Waals surface area (Å²) in [7, 11) is 4.40. The molecule has 0 aliphatic carbocycles. The van der Waals surface area contributed by atoms with Gasteiger partial charge in [-0.3, -0.25) is 0 Å². The van der Waals surface area contributed by atoms with Crippen LogP contribution in [0.5, 0.6) is 0 Å². The molecule has 0 spiro atoms. The monoisotopic (exact) mass is 357 g/mol. The standard InChI is InChI=1S/C21H31N3S/c1-16-15-25-17(2)21(16)22-12-8-14-24-13-7-11-19(23(3)4)18-9-5-6-10-20(18)24/h5-6,9-10,15,19,22H,7-8,11-14H2,1-4H3. The van der Waals surface area contributed by atoms with E-state index < -0.39 is 0 Å². The smallest absolute Gasteiger partial charge is 0.0508 e. The van der Waals surface area contributed by atoms with Crippen LogP contribution in [0.25, 0.3) is 0 Å². The van der Waals surface area contributed by atoms with Crippen molar-refractivity contribution in [3.8, 4) is 0 Å². The summed E-state index contributed by atoms with van der Waals surface area (Å²) in [5.41, 5.74) is 5.63. The predicted molar refractivity (Wildman–Crippen MR) is 111 cm³/mol. The van der Waals surface area contributed by atoms with Crippen molar-refractivity contribution in [2.75, 3.05) is 43.9 Å². The molecule has 0 amide bonds. The highest BCUT2D eigenvalue weighted by Crippen LogP contribution is 2.35. The number of para-hydroxylation sites is 1. The van der Waals surface area contributed by atoms with Gasteiger partial charge in [0.15, 0.2) is 0 Å². The van der Waals surface area contributed by atoms with E-state index in [0.717, 1.165) is 26.1 Å². The van der Waals surface area contributed by atoms with Gasteiger partial charge < -0.3 is 15.1 Å². The molecule has 1 aromatic carbocycles. The number of thiophene rings is 1. The molecule has 4 heteroatoms. The molecule has 0 saturated heterocycles. The van der Waals surface area contributed by atoms with Crippen molar-refractivity contribution in [3.05, 3.63) is 45.6 Å². The van der Waals surface area contributed by atoms with E-state index in [1.807, 2.05) is 11.3 Å². The van der Waals surface area contributed by atoms with E-state index in [1.54, 1.807) is 0 Å². The molecule has 1 unspecified atom stereocenters. The summed E-state index contributed by atoms with van der Waals surface area (Å²) in [6.07, 6.45) is 3.66. The van der Waals surface area contributed by atoms with E-state index in [4.69, 9.17) is 0 Å². The summed E-state index contributed by atoms with van der Waals surface area (Å²) in [5, 5.41) is 5.88. The Morgan fingerprint density at radius 2 is 2.04 bits per heavy atom. The highest BCUT2D eigenvalue weighted by molar-refractivity contribution is 7.10. The Labute approximate surface area is 156 Å². The Hall–Kier alpha value is -1.52. The zero-order valence-corrected chi connectivity index (χ0v) is 16.8. The van der Waals surface area contributed by atoms with Crippen molar-refractivity contribution in [1.29, 1.82) is 0 Å². The molecule has 25 heavy (non-hydrogen) atoms. The molecule has 1 N–H and O–H groups in total. The first kappa shape index (κ1) is 18.3. The first-order valence-electron chi connectivity index (χ1n) is 9.37. The van der Waals surface area contributed by atoms with Gasteiger partial charge in [-0.25, -0.2) is 0 Å². The van der Waals surface area contributed by atoms with Gasteiger partial charge in [-0.1, -0.05) is 18.2 Å². The van der Waals surface area contributed by atoms with E-state index in [2.05, 4.69) is 72.7 Å². The van der Waals surface area contributed by atoms with Crippen LogP contribution in [0.4, 0.5) is 11.4 Å². The van der Waals surface area contributed by atoms with Gasteiger partial charge in [0.1, 0.15) is 0 Å². The molecule has 0 radical (unpaired) electrons. The van der Waals surface area contributed by atoms with Gasteiger partial charge in [-0.2, -0.15) is 0 Å². The van der Waals surface area contributed by atoms with Crippen LogP contribution in [0, 0.1) is 13.8 Å². The molecular formula is C21H31N3S. The van der Waals surface area contributed by atoms with Crippen molar-refractivity contribution >= 4 is 22.7 Å². The third kappa shape index (κ3) is 4.18.